The molecular weight excluding hydrogens is 419 g/mol. The fraction of sp³-hybridized carbons (Fsp3) is 0.211. The lowest BCUT2D eigenvalue weighted by molar-refractivity contribution is 0.0762. The van der Waals surface area contributed by atoms with Crippen LogP contribution in [-0.2, 0) is 10.0 Å². The summed E-state index contributed by atoms with van der Waals surface area (Å²) >= 11 is 5.63. The topological polar surface area (TPSA) is 114 Å². The van der Waals surface area contributed by atoms with E-state index in [-0.39, 0.29) is 53.0 Å². The van der Waals surface area contributed by atoms with Crippen molar-refractivity contribution < 1.29 is 17.6 Å². The van der Waals surface area contributed by atoms with Crippen LogP contribution in [0.5, 0.6) is 0 Å². The number of carbonyl (C=O) groups is 1. The molecule has 2 aromatic carbocycles. The van der Waals surface area contributed by atoms with Gasteiger partial charge in [0.05, 0.1) is 34.9 Å². The summed E-state index contributed by atoms with van der Waals surface area (Å²) in [5.74, 6) is -1.10. The third-order valence-corrected chi connectivity index (χ3v) is 5.53. The maximum atomic E-state index is 13.2. The Kier molecular flexibility index (Phi) is 7.54. The number of amides is 1. The van der Waals surface area contributed by atoms with Crippen molar-refractivity contribution in [2.45, 2.75) is 17.7 Å². The third kappa shape index (κ3) is 5.92. The van der Waals surface area contributed by atoms with Crippen LogP contribution in [0.25, 0.3) is 0 Å². The zero-order chi connectivity index (χ0) is 21.4. The minimum absolute atomic E-state index is 0.134. The quantitative estimate of drug-likeness (QED) is 0.682. The zero-order valence-electron chi connectivity index (χ0n) is 15.1. The number of carbonyl (C=O) groups excluding carboxylic acids is 1. The highest BCUT2D eigenvalue weighted by atomic mass is 35.5. The maximum absolute atomic E-state index is 13.2. The molecule has 7 nitrogen and oxygen atoms in total. The van der Waals surface area contributed by atoms with E-state index in [9.17, 15) is 17.6 Å². The average molecular weight is 435 g/mol. The van der Waals surface area contributed by atoms with Gasteiger partial charge in [-0.15, -0.1) is 0 Å². The summed E-state index contributed by atoms with van der Waals surface area (Å²) in [6.45, 7) is 0.382. The van der Waals surface area contributed by atoms with Gasteiger partial charge in [-0.1, -0.05) is 11.6 Å². The Morgan fingerprint density at radius 3 is 2.17 bits per heavy atom. The van der Waals surface area contributed by atoms with Crippen LogP contribution >= 0.6 is 11.6 Å². The number of halogens is 2. The number of anilines is 1. The molecule has 10 heteroatoms. The van der Waals surface area contributed by atoms with Gasteiger partial charge in [-0.05, 0) is 42.5 Å². The smallest absolute Gasteiger partial charge is 0.261 e. The predicted molar refractivity (Wildman–Crippen MR) is 105 cm³/mol. The molecule has 0 aromatic heterocycles. The standard InChI is InChI=1S/C19H16ClFN4O3S/c20-17-13-16(7-8-18(17)21)29(27,28)24-15-5-3-14(4-6-15)19(26)25(11-1-9-22)12-2-10-23/h3-8,13,24H,1-2,11-12H2. The number of rotatable bonds is 8. The zero-order valence-corrected chi connectivity index (χ0v) is 16.7. The second-order valence-corrected chi connectivity index (χ2v) is 7.96. The molecule has 0 aliphatic carbocycles. The van der Waals surface area contributed by atoms with E-state index in [1.54, 1.807) is 0 Å². The van der Waals surface area contributed by atoms with Crippen molar-refractivity contribution >= 4 is 33.2 Å². The fourth-order valence-electron chi connectivity index (χ4n) is 2.41. The predicted octanol–water partition coefficient (Wildman–Crippen LogP) is 3.55. The van der Waals surface area contributed by atoms with Gasteiger partial charge >= 0.3 is 0 Å². The molecule has 1 N–H and O–H groups in total. The minimum Gasteiger partial charge on any atom is -0.337 e. The second kappa shape index (κ2) is 9.87. The molecule has 0 heterocycles. The first-order valence-electron chi connectivity index (χ1n) is 8.39. The van der Waals surface area contributed by atoms with Crippen molar-refractivity contribution in [1.82, 2.24) is 4.90 Å². The van der Waals surface area contributed by atoms with Gasteiger partial charge in [0.15, 0.2) is 0 Å². The van der Waals surface area contributed by atoms with Gasteiger partial charge in [-0.2, -0.15) is 10.5 Å². The van der Waals surface area contributed by atoms with Crippen molar-refractivity contribution in [3.63, 3.8) is 0 Å². The lowest BCUT2D eigenvalue weighted by Gasteiger charge is -2.20. The van der Waals surface area contributed by atoms with E-state index in [0.29, 0.717) is 0 Å². The average Bonchev–Trinajstić information content (AvgIpc) is 2.70. The maximum Gasteiger partial charge on any atom is 0.261 e. The van der Waals surface area contributed by atoms with Gasteiger partial charge in [0.25, 0.3) is 15.9 Å². The number of nitriles is 2. The summed E-state index contributed by atoms with van der Waals surface area (Å²) in [5, 5.41) is 17.1. The van der Waals surface area contributed by atoms with Crippen molar-refractivity contribution in [3.05, 3.63) is 58.9 Å². The van der Waals surface area contributed by atoms with Gasteiger partial charge < -0.3 is 4.90 Å². The molecule has 2 rings (SSSR count). The largest absolute Gasteiger partial charge is 0.337 e. The van der Waals surface area contributed by atoms with Crippen molar-refractivity contribution in [3.8, 4) is 12.1 Å². The van der Waals surface area contributed by atoms with Gasteiger partial charge in [0.2, 0.25) is 0 Å². The third-order valence-electron chi connectivity index (χ3n) is 3.86. The van der Waals surface area contributed by atoms with Crippen LogP contribution < -0.4 is 4.72 Å². The van der Waals surface area contributed by atoms with Crippen LogP contribution in [-0.4, -0.2) is 32.3 Å². The molecule has 29 heavy (non-hydrogen) atoms. The molecule has 0 fully saturated rings. The van der Waals surface area contributed by atoms with E-state index in [2.05, 4.69) is 4.72 Å². The molecule has 2 aromatic rings. The highest BCUT2D eigenvalue weighted by Gasteiger charge is 2.18. The van der Waals surface area contributed by atoms with Crippen LogP contribution in [0.1, 0.15) is 23.2 Å². The van der Waals surface area contributed by atoms with E-state index in [0.717, 1.165) is 18.2 Å². The number of nitrogens with one attached hydrogen (secondary N) is 1. The number of sulfonamides is 1. The van der Waals surface area contributed by atoms with Crippen LogP contribution in [0.4, 0.5) is 10.1 Å². The Bertz CT molecular complexity index is 1060. The first kappa shape index (κ1) is 22.2. The van der Waals surface area contributed by atoms with E-state index >= 15 is 0 Å². The van der Waals surface area contributed by atoms with Crippen LogP contribution in [0.2, 0.25) is 5.02 Å². The molecule has 1 amide bonds. The number of hydrogen-bond donors (Lipinski definition) is 1. The van der Waals surface area contributed by atoms with E-state index in [1.807, 2.05) is 12.1 Å². The molecule has 0 spiro atoms. The molecule has 0 saturated heterocycles. The molecule has 0 saturated carbocycles. The molecule has 0 atom stereocenters. The molecule has 150 valence electrons. The van der Waals surface area contributed by atoms with E-state index in [4.69, 9.17) is 22.1 Å². The molecule has 0 unspecified atom stereocenters. The van der Waals surface area contributed by atoms with Gasteiger partial charge in [-0.25, -0.2) is 12.8 Å². The molecule has 0 radical (unpaired) electrons. The normalized spacial score (nSPS) is 10.6. The SMILES string of the molecule is N#CCCN(CCC#N)C(=O)c1ccc(NS(=O)(=O)c2ccc(F)c(Cl)c2)cc1. The van der Waals surface area contributed by atoms with Gasteiger partial charge in [0, 0.05) is 24.3 Å². The Morgan fingerprint density at radius 1 is 1.07 bits per heavy atom. The number of nitrogens with zero attached hydrogens (tertiary/aromatic N) is 3. The number of benzene rings is 2. The highest BCUT2D eigenvalue weighted by molar-refractivity contribution is 7.92. The summed E-state index contributed by atoms with van der Waals surface area (Å²) in [6, 6.07) is 12.6. The van der Waals surface area contributed by atoms with Crippen LogP contribution in [0, 0.1) is 28.5 Å². The van der Waals surface area contributed by atoms with Crippen LogP contribution in [0.15, 0.2) is 47.4 Å². The number of hydrogen-bond acceptors (Lipinski definition) is 5. The molecular formula is C19H16ClFN4O3S. The second-order valence-electron chi connectivity index (χ2n) is 5.87. The summed E-state index contributed by atoms with van der Waals surface area (Å²) < 4.78 is 40.4. The van der Waals surface area contributed by atoms with Crippen LogP contribution in [0.3, 0.4) is 0 Å². The lowest BCUT2D eigenvalue weighted by atomic mass is 10.1. The Labute approximate surface area is 173 Å². The molecule has 0 aliphatic heterocycles. The fourth-order valence-corrected chi connectivity index (χ4v) is 3.74. The van der Waals surface area contributed by atoms with E-state index in [1.165, 1.54) is 29.2 Å². The van der Waals surface area contributed by atoms with E-state index < -0.39 is 15.8 Å². The lowest BCUT2D eigenvalue weighted by Crippen LogP contribution is -2.32. The Hall–Kier alpha value is -3.14. The minimum atomic E-state index is -3.99. The molecule has 0 aliphatic rings. The Morgan fingerprint density at radius 2 is 1.66 bits per heavy atom. The highest BCUT2D eigenvalue weighted by Crippen LogP contribution is 2.22. The summed E-state index contributed by atoms with van der Waals surface area (Å²) in [5.41, 5.74) is 0.483. The summed E-state index contributed by atoms with van der Waals surface area (Å²) in [6.07, 6.45) is 0.268. The van der Waals surface area contributed by atoms with Gasteiger partial charge in [0.1, 0.15) is 5.82 Å². The van der Waals surface area contributed by atoms with Crippen molar-refractivity contribution in [2.24, 2.45) is 0 Å². The summed E-state index contributed by atoms with van der Waals surface area (Å²) in [4.78, 5) is 13.8. The van der Waals surface area contributed by atoms with Crippen molar-refractivity contribution in [1.29, 1.82) is 10.5 Å². The Balaban J connectivity index is 2.16. The van der Waals surface area contributed by atoms with Gasteiger partial charge in [-0.3, -0.25) is 9.52 Å². The molecule has 0 bridgehead atoms. The first-order chi connectivity index (χ1) is 13.8. The van der Waals surface area contributed by atoms with Crippen molar-refractivity contribution in [2.75, 3.05) is 17.8 Å². The first-order valence-corrected chi connectivity index (χ1v) is 10.3. The summed E-state index contributed by atoms with van der Waals surface area (Å²) in [7, 11) is -3.99. The monoisotopic (exact) mass is 434 g/mol.